The monoisotopic (exact) mass is 782 g/mol. The van der Waals surface area contributed by atoms with Crippen molar-refractivity contribution in [3.05, 3.63) is 76.1 Å². The van der Waals surface area contributed by atoms with Crippen LogP contribution in [0.2, 0.25) is 0 Å². The summed E-state index contributed by atoms with van der Waals surface area (Å²) < 4.78 is 10.6. The van der Waals surface area contributed by atoms with Gasteiger partial charge < -0.3 is 52.7 Å². The van der Waals surface area contributed by atoms with Crippen molar-refractivity contribution in [1.82, 2.24) is 16.0 Å². The third-order valence-corrected chi connectivity index (χ3v) is 8.04. The van der Waals surface area contributed by atoms with Gasteiger partial charge in [0.25, 0.3) is 5.97 Å². The second kappa shape index (κ2) is 25.9. The van der Waals surface area contributed by atoms with Crippen molar-refractivity contribution in [2.45, 2.75) is 104 Å². The SMILES string of the molecule is C.CC(=O)O.CCCC[C@H](NC(=O)OCc1ccccc1)C(=O)N[C@@H](CCCCN)C(=O)N[C@@H](CCCN=C(N)N)C(=O)Nc1ccc2c(C)cc(=O)oc2c1. The molecule has 4 amide bonds. The first kappa shape index (κ1) is 48.0. The van der Waals surface area contributed by atoms with E-state index in [2.05, 4.69) is 26.3 Å². The van der Waals surface area contributed by atoms with E-state index in [9.17, 15) is 24.0 Å². The van der Waals surface area contributed by atoms with Gasteiger partial charge in [0.05, 0.1) is 0 Å². The molecule has 0 aliphatic heterocycles. The Morgan fingerprint density at radius 2 is 1.43 bits per heavy atom. The molecule has 0 unspecified atom stereocenters. The van der Waals surface area contributed by atoms with E-state index in [0.29, 0.717) is 55.3 Å². The summed E-state index contributed by atoms with van der Waals surface area (Å²) in [6.45, 7) is 5.45. The fourth-order valence-electron chi connectivity index (χ4n) is 5.29. The van der Waals surface area contributed by atoms with E-state index in [1.54, 1.807) is 19.1 Å². The molecule has 308 valence electrons. The number of benzene rings is 2. The topological polar surface area (TPSA) is 284 Å². The molecular formula is C39H58N8O9. The third-order valence-electron chi connectivity index (χ3n) is 8.04. The number of fused-ring (bicyclic) bond motifs is 1. The van der Waals surface area contributed by atoms with Crippen LogP contribution in [0.5, 0.6) is 0 Å². The lowest BCUT2D eigenvalue weighted by atomic mass is 10.0. The number of nitrogens with two attached hydrogens (primary N) is 3. The van der Waals surface area contributed by atoms with E-state index in [0.717, 1.165) is 24.5 Å². The number of ether oxygens (including phenoxy) is 1. The maximum absolute atomic E-state index is 13.8. The third kappa shape index (κ3) is 18.4. The molecule has 3 aromatic rings. The fourth-order valence-corrected chi connectivity index (χ4v) is 5.29. The van der Waals surface area contributed by atoms with Gasteiger partial charge >= 0.3 is 11.7 Å². The van der Waals surface area contributed by atoms with Gasteiger partial charge in [0, 0.05) is 36.7 Å². The Hall–Kier alpha value is -5.97. The number of carboxylic acid groups (broad SMARTS) is 1. The zero-order valence-electron chi connectivity index (χ0n) is 31.6. The standard InChI is InChI=1S/C36H50N8O7.C2H4O2.CH4/c1-3-4-13-29(44-36(49)50-22-24-11-6-5-7-12-24)34(48)42-27(14-8-9-18-37)33(47)43-28(15-10-19-40-35(38)39)32(46)41-25-16-17-26-23(2)20-31(45)51-30(26)21-25;1-2(3)4;/h5-7,11-12,16-17,20-21,27-29H,3-4,8-10,13-15,18-19,22,37H2,1-2H3,(H,41,46)(H,42,48)(H,43,47)(H,44,49)(H4,38,39,40);1H3,(H,3,4);1H4/t27-,28-,29-;;/m0../s1. The Bertz CT molecular complexity index is 1790. The van der Waals surface area contributed by atoms with Crippen molar-refractivity contribution in [3.8, 4) is 0 Å². The van der Waals surface area contributed by atoms with Gasteiger partial charge in [-0.2, -0.15) is 0 Å². The maximum atomic E-state index is 13.8. The number of alkyl carbamates (subject to hydrolysis) is 1. The Morgan fingerprint density at radius 1 is 0.839 bits per heavy atom. The molecule has 2 aromatic carbocycles. The first-order valence-corrected chi connectivity index (χ1v) is 18.1. The molecule has 0 aliphatic rings. The van der Waals surface area contributed by atoms with Gasteiger partial charge in [0.1, 0.15) is 30.3 Å². The number of guanidine groups is 1. The predicted octanol–water partition coefficient (Wildman–Crippen LogP) is 3.40. The number of carbonyl (C=O) groups is 5. The summed E-state index contributed by atoms with van der Waals surface area (Å²) in [5, 5.41) is 19.1. The van der Waals surface area contributed by atoms with Crippen LogP contribution in [-0.2, 0) is 30.5 Å². The molecule has 0 saturated heterocycles. The van der Waals surface area contributed by atoms with Gasteiger partial charge in [0.15, 0.2) is 5.96 Å². The van der Waals surface area contributed by atoms with Crippen LogP contribution in [0.4, 0.5) is 10.5 Å². The highest BCUT2D eigenvalue weighted by Crippen LogP contribution is 2.21. The van der Waals surface area contributed by atoms with E-state index < -0.39 is 53.5 Å². The molecule has 0 saturated carbocycles. The lowest BCUT2D eigenvalue weighted by Gasteiger charge is -2.25. The largest absolute Gasteiger partial charge is 0.481 e. The lowest BCUT2D eigenvalue weighted by Crippen LogP contribution is -2.56. The highest BCUT2D eigenvalue weighted by atomic mass is 16.5. The minimum atomic E-state index is -1.05. The normalized spacial score (nSPS) is 11.9. The van der Waals surface area contributed by atoms with Crippen LogP contribution in [-0.4, -0.2) is 72.1 Å². The number of aryl methyl sites for hydroxylation is 1. The van der Waals surface area contributed by atoms with Crippen LogP contribution in [0.15, 0.2) is 68.8 Å². The molecule has 3 atom stereocenters. The van der Waals surface area contributed by atoms with Crippen LogP contribution in [0.3, 0.4) is 0 Å². The van der Waals surface area contributed by atoms with Crippen molar-refractivity contribution < 1.29 is 38.2 Å². The highest BCUT2D eigenvalue weighted by Gasteiger charge is 2.30. The number of unbranched alkanes of at least 4 members (excludes halogenated alkanes) is 2. The number of hydrogen-bond acceptors (Lipinski definition) is 10. The van der Waals surface area contributed by atoms with Gasteiger partial charge in [-0.05, 0) is 75.3 Å². The molecule has 1 heterocycles. The Balaban J connectivity index is 0.00000298. The van der Waals surface area contributed by atoms with E-state index in [-0.39, 0.29) is 39.4 Å². The van der Waals surface area contributed by atoms with Crippen molar-refractivity contribution in [2.24, 2.45) is 22.2 Å². The molecular weight excluding hydrogens is 724 g/mol. The van der Waals surface area contributed by atoms with Crippen LogP contribution < -0.4 is 44.1 Å². The number of rotatable bonds is 20. The molecule has 17 nitrogen and oxygen atoms in total. The van der Waals surface area contributed by atoms with Gasteiger partial charge in [0.2, 0.25) is 17.7 Å². The molecule has 0 radical (unpaired) electrons. The second-order valence-electron chi connectivity index (χ2n) is 12.7. The average Bonchev–Trinajstić information content (AvgIpc) is 3.13. The molecule has 17 heteroatoms. The summed E-state index contributed by atoms with van der Waals surface area (Å²) in [5.41, 5.74) is 18.2. The minimum absolute atomic E-state index is 0. The number of aliphatic carboxylic acids is 1. The van der Waals surface area contributed by atoms with Crippen molar-refractivity contribution in [3.63, 3.8) is 0 Å². The van der Waals surface area contributed by atoms with Gasteiger partial charge in [-0.25, -0.2) is 9.59 Å². The van der Waals surface area contributed by atoms with Crippen LogP contribution in [0.1, 0.15) is 83.8 Å². The zero-order valence-corrected chi connectivity index (χ0v) is 31.6. The number of hydrogen-bond donors (Lipinski definition) is 8. The van der Waals surface area contributed by atoms with Crippen molar-refractivity contribution >= 4 is 52.4 Å². The first-order valence-electron chi connectivity index (χ1n) is 18.1. The number of carbonyl (C=O) groups excluding carboxylic acids is 4. The van der Waals surface area contributed by atoms with Crippen LogP contribution in [0.25, 0.3) is 11.0 Å². The van der Waals surface area contributed by atoms with E-state index >= 15 is 0 Å². The molecule has 3 rings (SSSR count). The van der Waals surface area contributed by atoms with Crippen LogP contribution in [0, 0.1) is 6.92 Å². The van der Waals surface area contributed by atoms with Gasteiger partial charge in [-0.15, -0.1) is 0 Å². The van der Waals surface area contributed by atoms with Crippen LogP contribution >= 0.6 is 0 Å². The number of nitrogens with one attached hydrogen (secondary N) is 4. The van der Waals surface area contributed by atoms with E-state index in [4.69, 9.17) is 36.3 Å². The number of carboxylic acids is 1. The van der Waals surface area contributed by atoms with Crippen molar-refractivity contribution in [2.75, 3.05) is 18.4 Å². The van der Waals surface area contributed by atoms with Gasteiger partial charge in [-0.3, -0.25) is 24.2 Å². The number of nitrogens with zero attached hydrogens (tertiary/aromatic N) is 1. The van der Waals surface area contributed by atoms with Gasteiger partial charge in [-0.1, -0.05) is 57.5 Å². The Labute approximate surface area is 327 Å². The molecule has 11 N–H and O–H groups in total. The Kier molecular flexibility index (Phi) is 22.3. The molecule has 0 fully saturated rings. The number of amides is 4. The summed E-state index contributed by atoms with van der Waals surface area (Å²) in [4.78, 5) is 78.5. The summed E-state index contributed by atoms with van der Waals surface area (Å²) >= 11 is 0. The Morgan fingerprint density at radius 3 is 2.04 bits per heavy atom. The van der Waals surface area contributed by atoms with E-state index in [1.807, 2.05) is 37.3 Å². The smallest absolute Gasteiger partial charge is 0.408 e. The molecule has 1 aromatic heterocycles. The highest BCUT2D eigenvalue weighted by molar-refractivity contribution is 6.00. The quantitative estimate of drug-likeness (QED) is 0.0354. The second-order valence-corrected chi connectivity index (χ2v) is 12.7. The fraction of sp³-hybridized carbons (Fsp3) is 0.462. The minimum Gasteiger partial charge on any atom is -0.481 e. The average molecular weight is 783 g/mol. The molecule has 0 spiro atoms. The van der Waals surface area contributed by atoms with E-state index in [1.165, 1.54) is 12.1 Å². The summed E-state index contributed by atoms with van der Waals surface area (Å²) in [6.07, 6.45) is 2.82. The number of aliphatic imine (C=N–C) groups is 1. The summed E-state index contributed by atoms with van der Waals surface area (Å²) in [7, 11) is 0. The zero-order chi connectivity index (χ0) is 40.8. The summed E-state index contributed by atoms with van der Waals surface area (Å²) in [6, 6.07) is 12.4. The molecule has 56 heavy (non-hydrogen) atoms. The predicted molar refractivity (Wildman–Crippen MR) is 216 cm³/mol. The lowest BCUT2D eigenvalue weighted by molar-refractivity contribution is -0.134. The first-order chi connectivity index (χ1) is 26.2. The van der Waals surface area contributed by atoms with Crippen molar-refractivity contribution in [1.29, 1.82) is 0 Å². The number of anilines is 1. The summed E-state index contributed by atoms with van der Waals surface area (Å²) in [5.74, 6) is -2.64. The molecule has 0 bridgehead atoms. The molecule has 0 aliphatic carbocycles. The maximum Gasteiger partial charge on any atom is 0.408 e.